The van der Waals surface area contributed by atoms with Crippen LogP contribution >= 0.6 is 0 Å². The molecule has 1 saturated heterocycles. The molecule has 0 amide bonds. The number of hydrogen-bond donors (Lipinski definition) is 1. The normalized spacial score (nSPS) is 17.8. The minimum Gasteiger partial charge on any atom is -0.465 e. The lowest BCUT2D eigenvalue weighted by Crippen LogP contribution is -2.46. The van der Waals surface area contributed by atoms with Crippen LogP contribution in [-0.4, -0.2) is 49.1 Å². The first-order valence-corrected chi connectivity index (χ1v) is 8.32. The molecule has 4 nitrogen and oxygen atoms in total. The summed E-state index contributed by atoms with van der Waals surface area (Å²) in [7, 11) is 0. The van der Waals surface area contributed by atoms with E-state index in [1.54, 1.807) is 0 Å². The van der Waals surface area contributed by atoms with Crippen molar-refractivity contribution in [2.45, 2.75) is 40.8 Å². The Balaban J connectivity index is 1.80. The Bertz CT molecular complexity index is 420. The summed E-state index contributed by atoms with van der Waals surface area (Å²) in [5.41, 5.74) is 1.30. The van der Waals surface area contributed by atoms with Crippen LogP contribution in [0.2, 0.25) is 0 Å². The summed E-state index contributed by atoms with van der Waals surface area (Å²) >= 11 is 0. The Kier molecular flexibility index (Phi) is 6.27. The highest BCUT2D eigenvalue weighted by atomic mass is 16.3. The summed E-state index contributed by atoms with van der Waals surface area (Å²) in [6, 6.07) is 2.22. The summed E-state index contributed by atoms with van der Waals surface area (Å²) in [6.45, 7) is 17.5. The maximum atomic E-state index is 5.91. The van der Waals surface area contributed by atoms with Gasteiger partial charge in [0.2, 0.25) is 0 Å². The van der Waals surface area contributed by atoms with Gasteiger partial charge in [0.25, 0.3) is 0 Å². The third-order valence-corrected chi connectivity index (χ3v) is 4.10. The highest BCUT2D eigenvalue weighted by Crippen LogP contribution is 2.17. The minimum atomic E-state index is 0.762. The lowest BCUT2D eigenvalue weighted by molar-refractivity contribution is 0.111. The molecule has 1 aliphatic heterocycles. The standard InChI is InChI=1S/C17H31N3O/c1-5-18-11-16-10-17(21-15(16)4)13-20-8-6-19(7-9-20)12-14(2)3/h10,14,18H,5-9,11-13H2,1-4H3. The quantitative estimate of drug-likeness (QED) is 0.837. The lowest BCUT2D eigenvalue weighted by Gasteiger charge is -2.35. The van der Waals surface area contributed by atoms with Gasteiger partial charge in [0.05, 0.1) is 6.54 Å². The van der Waals surface area contributed by atoms with E-state index in [-0.39, 0.29) is 0 Å². The van der Waals surface area contributed by atoms with Gasteiger partial charge < -0.3 is 14.6 Å². The Morgan fingerprint density at radius 1 is 1.19 bits per heavy atom. The molecule has 120 valence electrons. The second-order valence-corrected chi connectivity index (χ2v) is 6.55. The van der Waals surface area contributed by atoms with E-state index in [0.29, 0.717) is 0 Å². The molecule has 0 unspecified atom stereocenters. The second-order valence-electron chi connectivity index (χ2n) is 6.55. The van der Waals surface area contributed by atoms with Gasteiger partial charge >= 0.3 is 0 Å². The molecule has 0 atom stereocenters. The first-order valence-electron chi connectivity index (χ1n) is 8.32. The van der Waals surface area contributed by atoms with Crippen molar-refractivity contribution < 1.29 is 4.42 Å². The van der Waals surface area contributed by atoms with Gasteiger partial charge in [-0.2, -0.15) is 0 Å². The lowest BCUT2D eigenvalue weighted by atomic mass is 10.2. The van der Waals surface area contributed by atoms with Crippen molar-refractivity contribution in [1.29, 1.82) is 0 Å². The van der Waals surface area contributed by atoms with Crippen molar-refractivity contribution in [2.24, 2.45) is 5.92 Å². The highest BCUT2D eigenvalue weighted by Gasteiger charge is 2.19. The monoisotopic (exact) mass is 293 g/mol. The van der Waals surface area contributed by atoms with Crippen LogP contribution in [0.5, 0.6) is 0 Å². The fourth-order valence-electron chi connectivity index (χ4n) is 2.97. The summed E-state index contributed by atoms with van der Waals surface area (Å²) < 4.78 is 5.91. The highest BCUT2D eigenvalue weighted by molar-refractivity contribution is 5.20. The Hall–Kier alpha value is -0.840. The molecular weight excluding hydrogens is 262 g/mol. The summed E-state index contributed by atoms with van der Waals surface area (Å²) in [5, 5.41) is 3.37. The second kappa shape index (κ2) is 7.97. The van der Waals surface area contributed by atoms with E-state index >= 15 is 0 Å². The smallest absolute Gasteiger partial charge is 0.118 e. The third kappa shape index (κ3) is 5.13. The molecule has 2 heterocycles. The van der Waals surface area contributed by atoms with E-state index in [4.69, 9.17) is 4.42 Å². The number of nitrogens with one attached hydrogen (secondary N) is 1. The predicted octanol–water partition coefficient (Wildman–Crippen LogP) is 2.47. The fourth-order valence-corrected chi connectivity index (χ4v) is 2.97. The molecule has 1 N–H and O–H groups in total. The molecule has 2 rings (SSSR count). The number of furan rings is 1. The molecular formula is C17H31N3O. The van der Waals surface area contributed by atoms with Crippen LogP contribution in [0.25, 0.3) is 0 Å². The zero-order valence-electron chi connectivity index (χ0n) is 14.1. The van der Waals surface area contributed by atoms with E-state index in [9.17, 15) is 0 Å². The molecule has 0 radical (unpaired) electrons. The third-order valence-electron chi connectivity index (χ3n) is 4.10. The van der Waals surface area contributed by atoms with Gasteiger partial charge in [0.15, 0.2) is 0 Å². The number of piperazine rings is 1. The molecule has 0 aliphatic carbocycles. The molecule has 0 bridgehead atoms. The zero-order chi connectivity index (χ0) is 15.2. The van der Waals surface area contributed by atoms with Gasteiger partial charge in [-0.3, -0.25) is 4.90 Å². The Morgan fingerprint density at radius 3 is 2.48 bits per heavy atom. The first-order chi connectivity index (χ1) is 10.1. The average molecular weight is 293 g/mol. The number of aryl methyl sites for hydroxylation is 1. The molecule has 0 spiro atoms. The molecule has 1 aromatic rings. The van der Waals surface area contributed by atoms with Crippen LogP contribution in [0.4, 0.5) is 0 Å². The van der Waals surface area contributed by atoms with Crippen LogP contribution in [0, 0.1) is 12.8 Å². The van der Waals surface area contributed by atoms with E-state index in [1.165, 1.54) is 25.2 Å². The van der Waals surface area contributed by atoms with E-state index in [0.717, 1.165) is 50.2 Å². The van der Waals surface area contributed by atoms with Crippen LogP contribution in [-0.2, 0) is 13.1 Å². The van der Waals surface area contributed by atoms with E-state index in [1.807, 2.05) is 0 Å². The van der Waals surface area contributed by atoms with E-state index in [2.05, 4.69) is 48.9 Å². The van der Waals surface area contributed by atoms with Crippen molar-refractivity contribution in [2.75, 3.05) is 39.3 Å². The topological polar surface area (TPSA) is 31.6 Å². The number of rotatable bonds is 7. The molecule has 21 heavy (non-hydrogen) atoms. The van der Waals surface area contributed by atoms with Gasteiger partial charge in [-0.25, -0.2) is 0 Å². The van der Waals surface area contributed by atoms with Gasteiger partial charge in [0.1, 0.15) is 11.5 Å². The van der Waals surface area contributed by atoms with Crippen LogP contribution in [0.3, 0.4) is 0 Å². The maximum absolute atomic E-state index is 5.91. The van der Waals surface area contributed by atoms with Crippen molar-refractivity contribution in [1.82, 2.24) is 15.1 Å². The largest absolute Gasteiger partial charge is 0.465 e. The maximum Gasteiger partial charge on any atom is 0.118 e. The van der Waals surface area contributed by atoms with E-state index < -0.39 is 0 Å². The summed E-state index contributed by atoms with van der Waals surface area (Å²) in [6.07, 6.45) is 0. The Labute approximate surface area is 129 Å². The molecule has 0 aromatic carbocycles. The fraction of sp³-hybridized carbons (Fsp3) is 0.765. The number of hydrogen-bond acceptors (Lipinski definition) is 4. The molecule has 0 saturated carbocycles. The molecule has 1 aromatic heterocycles. The van der Waals surface area contributed by atoms with Gasteiger partial charge in [-0.05, 0) is 25.5 Å². The number of nitrogens with zero attached hydrogens (tertiary/aromatic N) is 2. The average Bonchev–Trinajstić information content (AvgIpc) is 2.78. The van der Waals surface area contributed by atoms with Crippen molar-refractivity contribution in [3.8, 4) is 0 Å². The van der Waals surface area contributed by atoms with Gasteiger partial charge in [-0.1, -0.05) is 20.8 Å². The van der Waals surface area contributed by atoms with Crippen molar-refractivity contribution >= 4 is 0 Å². The van der Waals surface area contributed by atoms with Crippen LogP contribution in [0.15, 0.2) is 10.5 Å². The van der Waals surface area contributed by atoms with Gasteiger partial charge in [-0.15, -0.1) is 0 Å². The molecule has 1 fully saturated rings. The first kappa shape index (κ1) is 16.5. The minimum absolute atomic E-state index is 0.762. The zero-order valence-corrected chi connectivity index (χ0v) is 14.1. The molecule has 4 heteroatoms. The SMILES string of the molecule is CCNCc1cc(CN2CCN(CC(C)C)CC2)oc1C. The summed E-state index contributed by atoms with van der Waals surface area (Å²) in [4.78, 5) is 5.08. The van der Waals surface area contributed by atoms with Crippen molar-refractivity contribution in [3.63, 3.8) is 0 Å². The van der Waals surface area contributed by atoms with Crippen LogP contribution in [0.1, 0.15) is 37.9 Å². The summed E-state index contributed by atoms with van der Waals surface area (Å²) in [5.74, 6) is 2.93. The Morgan fingerprint density at radius 2 is 1.86 bits per heavy atom. The predicted molar refractivity (Wildman–Crippen MR) is 87.4 cm³/mol. The molecule has 1 aliphatic rings. The van der Waals surface area contributed by atoms with Gasteiger partial charge in [0, 0.05) is 44.8 Å². The van der Waals surface area contributed by atoms with Crippen molar-refractivity contribution in [3.05, 3.63) is 23.2 Å². The van der Waals surface area contributed by atoms with Crippen LogP contribution < -0.4 is 5.32 Å².